The third-order valence-corrected chi connectivity index (χ3v) is 3.45. The fraction of sp³-hybridized carbons (Fsp3) is 0.273. The summed E-state index contributed by atoms with van der Waals surface area (Å²) in [6.45, 7) is 0.713. The van der Waals surface area contributed by atoms with Gasteiger partial charge in [0.15, 0.2) is 0 Å². The molecule has 0 unspecified atom stereocenters. The Morgan fingerprint density at radius 3 is 2.80 bits per heavy atom. The Morgan fingerprint density at radius 1 is 1.47 bits per heavy atom. The van der Waals surface area contributed by atoms with Crippen LogP contribution in [0.1, 0.15) is 5.69 Å². The number of rotatable bonds is 2. The van der Waals surface area contributed by atoms with Gasteiger partial charge in [-0.3, -0.25) is 0 Å². The summed E-state index contributed by atoms with van der Waals surface area (Å²) in [5.74, 6) is -0.182. The summed E-state index contributed by atoms with van der Waals surface area (Å²) >= 11 is 3.51. The van der Waals surface area contributed by atoms with E-state index >= 15 is 0 Å². The van der Waals surface area contributed by atoms with Crippen LogP contribution in [0, 0.1) is 5.82 Å². The van der Waals surface area contributed by atoms with Gasteiger partial charge in [-0.25, -0.2) is 4.39 Å². The van der Waals surface area contributed by atoms with Crippen LogP contribution < -0.4 is 5.32 Å². The van der Waals surface area contributed by atoms with E-state index in [-0.39, 0.29) is 5.82 Å². The third kappa shape index (κ3) is 1.58. The largest absolute Gasteiger partial charge is 0.343 e. The number of hydrogen-bond donors (Lipinski definition) is 1. The van der Waals surface area contributed by atoms with Crippen LogP contribution in [-0.2, 0) is 13.6 Å². The minimum absolute atomic E-state index is 0.182. The van der Waals surface area contributed by atoms with Gasteiger partial charge in [0.2, 0.25) is 0 Å². The van der Waals surface area contributed by atoms with Crippen LogP contribution in [0.3, 0.4) is 0 Å². The molecule has 0 fully saturated rings. The first-order chi connectivity index (χ1) is 7.16. The van der Waals surface area contributed by atoms with E-state index in [1.165, 1.54) is 6.07 Å². The Balaban J connectivity index is 2.79. The smallest absolute Gasteiger partial charge is 0.147 e. The van der Waals surface area contributed by atoms with Crippen LogP contribution in [0.5, 0.6) is 0 Å². The fourth-order valence-electron chi connectivity index (χ4n) is 1.83. The van der Waals surface area contributed by atoms with Crippen molar-refractivity contribution in [3.8, 4) is 0 Å². The Kier molecular flexibility index (Phi) is 2.80. The molecular formula is C11H12BrFN2. The van der Waals surface area contributed by atoms with E-state index in [0.29, 0.717) is 12.1 Å². The van der Waals surface area contributed by atoms with Crippen molar-refractivity contribution in [3.05, 3.63) is 34.2 Å². The summed E-state index contributed by atoms with van der Waals surface area (Å²) in [7, 11) is 3.75. The topological polar surface area (TPSA) is 17.0 Å². The fourth-order valence-corrected chi connectivity index (χ4v) is 2.56. The molecule has 0 aliphatic rings. The highest BCUT2D eigenvalue weighted by molar-refractivity contribution is 9.10. The molecule has 2 aromatic rings. The van der Waals surface area contributed by atoms with Crippen molar-refractivity contribution in [1.82, 2.24) is 9.88 Å². The Labute approximate surface area is 96.2 Å². The predicted octanol–water partition coefficient (Wildman–Crippen LogP) is 2.80. The second kappa shape index (κ2) is 3.94. The number of aryl methyl sites for hydroxylation is 1. The van der Waals surface area contributed by atoms with Gasteiger partial charge in [0, 0.05) is 29.1 Å². The van der Waals surface area contributed by atoms with Gasteiger partial charge in [-0.1, -0.05) is 12.1 Å². The first kappa shape index (κ1) is 10.6. The van der Waals surface area contributed by atoms with E-state index in [1.807, 2.05) is 24.7 Å². The van der Waals surface area contributed by atoms with Gasteiger partial charge in [-0.2, -0.15) is 0 Å². The van der Waals surface area contributed by atoms with Crippen molar-refractivity contribution < 1.29 is 4.39 Å². The molecule has 0 aliphatic heterocycles. The second-order valence-electron chi connectivity index (χ2n) is 3.49. The molecule has 0 atom stereocenters. The molecule has 1 N–H and O–H groups in total. The maximum Gasteiger partial charge on any atom is 0.147 e. The number of nitrogens with one attached hydrogen (secondary N) is 1. The standard InChI is InChI=1S/C11H12BrFN2/c1-14-6-9-10(12)7-4-3-5-8(13)11(7)15(9)2/h3-5,14H,6H2,1-2H3. The van der Waals surface area contributed by atoms with E-state index in [0.717, 1.165) is 15.6 Å². The average molecular weight is 271 g/mol. The maximum atomic E-state index is 13.6. The zero-order valence-corrected chi connectivity index (χ0v) is 10.2. The predicted molar refractivity (Wildman–Crippen MR) is 63.3 cm³/mol. The highest BCUT2D eigenvalue weighted by Gasteiger charge is 2.14. The summed E-state index contributed by atoms with van der Waals surface area (Å²) in [4.78, 5) is 0. The summed E-state index contributed by atoms with van der Waals surface area (Å²) in [6, 6.07) is 5.13. The SMILES string of the molecule is CNCc1c(Br)c2cccc(F)c2n1C. The molecule has 1 aromatic carbocycles. The minimum atomic E-state index is -0.182. The molecule has 0 saturated carbocycles. The maximum absolute atomic E-state index is 13.6. The number of halogens is 2. The van der Waals surface area contributed by atoms with Crippen molar-refractivity contribution in [1.29, 1.82) is 0 Å². The average Bonchev–Trinajstić information content (AvgIpc) is 2.45. The number of fused-ring (bicyclic) bond motifs is 1. The van der Waals surface area contributed by atoms with Crippen LogP contribution in [-0.4, -0.2) is 11.6 Å². The highest BCUT2D eigenvalue weighted by Crippen LogP contribution is 2.31. The van der Waals surface area contributed by atoms with Gasteiger partial charge in [0.25, 0.3) is 0 Å². The van der Waals surface area contributed by atoms with Gasteiger partial charge in [0.05, 0.1) is 5.52 Å². The van der Waals surface area contributed by atoms with Gasteiger partial charge < -0.3 is 9.88 Å². The molecule has 2 nitrogen and oxygen atoms in total. The van der Waals surface area contributed by atoms with E-state index in [2.05, 4.69) is 21.2 Å². The van der Waals surface area contributed by atoms with Gasteiger partial charge >= 0.3 is 0 Å². The molecular weight excluding hydrogens is 259 g/mol. The molecule has 4 heteroatoms. The quantitative estimate of drug-likeness (QED) is 0.888. The monoisotopic (exact) mass is 270 g/mol. The molecule has 0 spiro atoms. The van der Waals surface area contributed by atoms with E-state index in [4.69, 9.17) is 0 Å². The number of para-hydroxylation sites is 1. The minimum Gasteiger partial charge on any atom is -0.343 e. The molecule has 1 heterocycles. The van der Waals surface area contributed by atoms with E-state index in [9.17, 15) is 4.39 Å². The lowest BCUT2D eigenvalue weighted by Crippen LogP contribution is -2.09. The van der Waals surface area contributed by atoms with Crippen molar-refractivity contribution in [2.24, 2.45) is 7.05 Å². The molecule has 0 radical (unpaired) electrons. The lowest BCUT2D eigenvalue weighted by Gasteiger charge is -2.03. The van der Waals surface area contributed by atoms with Gasteiger partial charge in [-0.15, -0.1) is 0 Å². The van der Waals surface area contributed by atoms with Crippen LogP contribution in [0.15, 0.2) is 22.7 Å². The number of hydrogen-bond acceptors (Lipinski definition) is 1. The van der Waals surface area contributed by atoms with Crippen LogP contribution in [0.4, 0.5) is 4.39 Å². The zero-order valence-electron chi connectivity index (χ0n) is 8.64. The molecule has 0 amide bonds. The number of benzene rings is 1. The molecule has 1 aromatic heterocycles. The first-order valence-corrected chi connectivity index (χ1v) is 5.52. The molecule has 2 rings (SSSR count). The Hall–Kier alpha value is -0.870. The van der Waals surface area contributed by atoms with E-state index < -0.39 is 0 Å². The Morgan fingerprint density at radius 2 is 2.20 bits per heavy atom. The third-order valence-electron chi connectivity index (χ3n) is 2.56. The van der Waals surface area contributed by atoms with E-state index in [1.54, 1.807) is 6.07 Å². The van der Waals surface area contributed by atoms with Crippen LogP contribution >= 0.6 is 15.9 Å². The number of aromatic nitrogens is 1. The van der Waals surface area contributed by atoms with Crippen molar-refractivity contribution >= 4 is 26.8 Å². The first-order valence-electron chi connectivity index (χ1n) is 4.72. The summed E-state index contributed by atoms with van der Waals surface area (Å²) in [6.07, 6.45) is 0. The summed E-state index contributed by atoms with van der Waals surface area (Å²) < 4.78 is 16.5. The highest BCUT2D eigenvalue weighted by atomic mass is 79.9. The lowest BCUT2D eigenvalue weighted by atomic mass is 10.2. The summed E-state index contributed by atoms with van der Waals surface area (Å²) in [5.41, 5.74) is 1.70. The van der Waals surface area contributed by atoms with Crippen LogP contribution in [0.25, 0.3) is 10.9 Å². The van der Waals surface area contributed by atoms with Gasteiger partial charge in [0.1, 0.15) is 5.82 Å². The molecule has 80 valence electrons. The zero-order chi connectivity index (χ0) is 11.0. The van der Waals surface area contributed by atoms with Gasteiger partial charge in [-0.05, 0) is 29.0 Å². The normalized spacial score (nSPS) is 11.2. The molecule has 15 heavy (non-hydrogen) atoms. The summed E-state index contributed by atoms with van der Waals surface area (Å²) in [5, 5.41) is 3.99. The Bertz CT molecular complexity index is 505. The molecule has 0 saturated heterocycles. The van der Waals surface area contributed by atoms with Crippen molar-refractivity contribution in [3.63, 3.8) is 0 Å². The second-order valence-corrected chi connectivity index (χ2v) is 4.28. The molecule has 0 aliphatic carbocycles. The van der Waals surface area contributed by atoms with Crippen molar-refractivity contribution in [2.45, 2.75) is 6.54 Å². The number of nitrogens with zero attached hydrogens (tertiary/aromatic N) is 1. The van der Waals surface area contributed by atoms with Crippen LogP contribution in [0.2, 0.25) is 0 Å². The van der Waals surface area contributed by atoms with Crippen molar-refractivity contribution in [2.75, 3.05) is 7.05 Å². The lowest BCUT2D eigenvalue weighted by molar-refractivity contribution is 0.628. The molecule has 0 bridgehead atoms.